The molecule has 1 saturated heterocycles. The van der Waals surface area contributed by atoms with E-state index in [1.165, 1.54) is 12.3 Å². The third kappa shape index (κ3) is 3.17. The van der Waals surface area contributed by atoms with Crippen LogP contribution in [0.15, 0.2) is 23.1 Å². The van der Waals surface area contributed by atoms with Gasteiger partial charge in [-0.15, -0.1) is 0 Å². The number of carbonyl (C=O) groups is 1. The zero-order valence-electron chi connectivity index (χ0n) is 9.57. The lowest BCUT2D eigenvalue weighted by atomic mass is 10.0. The lowest BCUT2D eigenvalue weighted by molar-refractivity contribution is 0.0536. The number of pyridine rings is 1. The molecule has 1 aliphatic rings. The van der Waals surface area contributed by atoms with Gasteiger partial charge in [-0.2, -0.15) is 0 Å². The Bertz CT molecular complexity index is 435. The fourth-order valence-corrected chi connectivity index (χ4v) is 1.90. The molecule has 0 unspecified atom stereocenters. The first-order valence-corrected chi connectivity index (χ1v) is 5.81. The molecule has 2 rings (SSSR count). The summed E-state index contributed by atoms with van der Waals surface area (Å²) < 4.78 is 5.32. The Labute approximate surface area is 99.2 Å². The lowest BCUT2D eigenvalue weighted by Crippen LogP contribution is -2.35. The summed E-state index contributed by atoms with van der Waals surface area (Å²) >= 11 is 0. The maximum absolute atomic E-state index is 11.7. The van der Waals surface area contributed by atoms with E-state index in [9.17, 15) is 9.59 Å². The van der Waals surface area contributed by atoms with Gasteiger partial charge in [-0.3, -0.25) is 9.59 Å². The van der Waals surface area contributed by atoms with Gasteiger partial charge in [0.25, 0.3) is 11.5 Å². The number of aromatic nitrogens is 1. The second-order valence-electron chi connectivity index (χ2n) is 4.21. The molecule has 0 spiro atoms. The van der Waals surface area contributed by atoms with Crippen molar-refractivity contribution in [3.63, 3.8) is 0 Å². The standard InChI is InChI=1S/C12H16N2O3/c15-11-10(4-1-5-13-11)12(16)14-7-9-3-2-6-17-8-9/h1,4-5,9H,2-3,6-8H2,(H,13,15)(H,14,16)/t9-/m1/s1. The normalized spacial score (nSPS) is 19.9. The fraction of sp³-hybridized carbons (Fsp3) is 0.500. The van der Waals surface area contributed by atoms with Gasteiger partial charge in [0.2, 0.25) is 0 Å². The van der Waals surface area contributed by atoms with Gasteiger partial charge in [0, 0.05) is 19.3 Å². The average Bonchev–Trinajstić information content (AvgIpc) is 2.38. The van der Waals surface area contributed by atoms with Gasteiger partial charge < -0.3 is 15.0 Å². The molecule has 2 heterocycles. The summed E-state index contributed by atoms with van der Waals surface area (Å²) in [7, 11) is 0. The molecule has 0 saturated carbocycles. The minimum Gasteiger partial charge on any atom is -0.381 e. The first kappa shape index (κ1) is 11.9. The number of H-pyrrole nitrogens is 1. The Kier molecular flexibility index (Phi) is 3.93. The first-order chi connectivity index (χ1) is 8.27. The summed E-state index contributed by atoms with van der Waals surface area (Å²) in [6.45, 7) is 2.06. The summed E-state index contributed by atoms with van der Waals surface area (Å²) in [4.78, 5) is 25.6. The molecule has 5 nitrogen and oxygen atoms in total. The van der Waals surface area contributed by atoms with Crippen molar-refractivity contribution in [2.75, 3.05) is 19.8 Å². The predicted octanol–water partition coefficient (Wildman–Crippen LogP) is 0.531. The van der Waals surface area contributed by atoms with E-state index in [0.717, 1.165) is 19.4 Å². The molecule has 92 valence electrons. The van der Waals surface area contributed by atoms with Crippen molar-refractivity contribution in [3.05, 3.63) is 34.2 Å². The smallest absolute Gasteiger partial charge is 0.260 e. The van der Waals surface area contributed by atoms with Crippen molar-refractivity contribution >= 4 is 5.91 Å². The number of carbonyl (C=O) groups excluding carboxylic acids is 1. The van der Waals surface area contributed by atoms with Crippen LogP contribution in [0.2, 0.25) is 0 Å². The van der Waals surface area contributed by atoms with E-state index in [1.807, 2.05) is 0 Å². The summed E-state index contributed by atoms with van der Waals surface area (Å²) in [5.74, 6) is 0.0351. The molecule has 17 heavy (non-hydrogen) atoms. The average molecular weight is 236 g/mol. The van der Waals surface area contributed by atoms with Crippen LogP contribution in [0.1, 0.15) is 23.2 Å². The monoisotopic (exact) mass is 236 g/mol. The third-order valence-corrected chi connectivity index (χ3v) is 2.87. The maximum Gasteiger partial charge on any atom is 0.260 e. The highest BCUT2D eigenvalue weighted by molar-refractivity contribution is 5.93. The number of hydrogen-bond acceptors (Lipinski definition) is 3. The van der Waals surface area contributed by atoms with E-state index in [-0.39, 0.29) is 17.0 Å². The SMILES string of the molecule is O=C(NC[C@H]1CCCOC1)c1ccc[nH]c1=O. The third-order valence-electron chi connectivity index (χ3n) is 2.87. The molecule has 5 heteroatoms. The van der Waals surface area contributed by atoms with E-state index in [1.54, 1.807) is 6.07 Å². The molecule has 2 N–H and O–H groups in total. The molecule has 0 bridgehead atoms. The van der Waals surface area contributed by atoms with E-state index in [0.29, 0.717) is 19.1 Å². The van der Waals surface area contributed by atoms with Gasteiger partial charge in [-0.25, -0.2) is 0 Å². The Balaban J connectivity index is 1.89. The number of aromatic amines is 1. The van der Waals surface area contributed by atoms with Crippen molar-refractivity contribution in [2.24, 2.45) is 5.92 Å². The van der Waals surface area contributed by atoms with Crippen molar-refractivity contribution in [2.45, 2.75) is 12.8 Å². The van der Waals surface area contributed by atoms with Gasteiger partial charge in [0.05, 0.1) is 6.61 Å². The van der Waals surface area contributed by atoms with Crippen LogP contribution in [0.25, 0.3) is 0 Å². The van der Waals surface area contributed by atoms with Gasteiger partial charge in [-0.05, 0) is 30.9 Å². The summed E-state index contributed by atoms with van der Waals surface area (Å²) in [6.07, 6.45) is 3.60. The Morgan fingerprint density at radius 1 is 1.59 bits per heavy atom. The molecule has 1 amide bonds. The van der Waals surface area contributed by atoms with Gasteiger partial charge in [0.15, 0.2) is 0 Å². The zero-order chi connectivity index (χ0) is 12.1. The van der Waals surface area contributed by atoms with Crippen molar-refractivity contribution in [1.82, 2.24) is 10.3 Å². The van der Waals surface area contributed by atoms with Crippen LogP contribution < -0.4 is 10.9 Å². The number of ether oxygens (including phenoxy) is 1. The number of amides is 1. The van der Waals surface area contributed by atoms with Crippen LogP contribution in [0.3, 0.4) is 0 Å². The van der Waals surface area contributed by atoms with Crippen LogP contribution in [-0.4, -0.2) is 30.6 Å². The Hall–Kier alpha value is -1.62. The summed E-state index contributed by atoms with van der Waals surface area (Å²) in [5.41, 5.74) is -0.200. The molecule has 1 atom stereocenters. The first-order valence-electron chi connectivity index (χ1n) is 5.81. The van der Waals surface area contributed by atoms with Gasteiger partial charge in [-0.1, -0.05) is 0 Å². The highest BCUT2D eigenvalue weighted by Crippen LogP contribution is 2.12. The van der Waals surface area contributed by atoms with Crippen molar-refractivity contribution in [1.29, 1.82) is 0 Å². The maximum atomic E-state index is 11.7. The van der Waals surface area contributed by atoms with Gasteiger partial charge >= 0.3 is 0 Å². The number of hydrogen-bond donors (Lipinski definition) is 2. The van der Waals surface area contributed by atoms with E-state index in [2.05, 4.69) is 10.3 Å². The summed E-state index contributed by atoms with van der Waals surface area (Å²) in [5, 5.41) is 2.77. The molecular weight excluding hydrogens is 220 g/mol. The van der Waals surface area contributed by atoms with Crippen LogP contribution in [-0.2, 0) is 4.74 Å². The van der Waals surface area contributed by atoms with Crippen LogP contribution >= 0.6 is 0 Å². The van der Waals surface area contributed by atoms with Crippen LogP contribution in [0.5, 0.6) is 0 Å². The van der Waals surface area contributed by atoms with E-state index in [4.69, 9.17) is 4.74 Å². The van der Waals surface area contributed by atoms with Crippen LogP contribution in [0, 0.1) is 5.92 Å². The summed E-state index contributed by atoms with van der Waals surface area (Å²) in [6, 6.07) is 3.16. The van der Waals surface area contributed by atoms with E-state index < -0.39 is 0 Å². The quantitative estimate of drug-likeness (QED) is 0.804. The zero-order valence-corrected chi connectivity index (χ0v) is 9.57. The Morgan fingerprint density at radius 2 is 2.47 bits per heavy atom. The minimum atomic E-state index is -0.357. The molecule has 0 aromatic carbocycles. The number of nitrogens with one attached hydrogen (secondary N) is 2. The van der Waals surface area contributed by atoms with Crippen molar-refractivity contribution < 1.29 is 9.53 Å². The van der Waals surface area contributed by atoms with E-state index >= 15 is 0 Å². The van der Waals surface area contributed by atoms with Crippen LogP contribution in [0.4, 0.5) is 0 Å². The molecule has 0 radical (unpaired) electrons. The van der Waals surface area contributed by atoms with Gasteiger partial charge in [0.1, 0.15) is 5.56 Å². The molecule has 1 aromatic rings. The lowest BCUT2D eigenvalue weighted by Gasteiger charge is -2.22. The minimum absolute atomic E-state index is 0.157. The molecule has 1 fully saturated rings. The molecule has 1 aromatic heterocycles. The van der Waals surface area contributed by atoms with Crippen molar-refractivity contribution in [3.8, 4) is 0 Å². The second kappa shape index (κ2) is 5.63. The number of rotatable bonds is 3. The molecular formula is C12H16N2O3. The second-order valence-corrected chi connectivity index (χ2v) is 4.21. The highest BCUT2D eigenvalue weighted by atomic mass is 16.5. The Morgan fingerprint density at radius 3 is 3.18 bits per heavy atom. The molecule has 1 aliphatic heterocycles. The topological polar surface area (TPSA) is 71.2 Å². The predicted molar refractivity (Wildman–Crippen MR) is 62.9 cm³/mol. The molecule has 0 aliphatic carbocycles. The highest BCUT2D eigenvalue weighted by Gasteiger charge is 2.16. The fourth-order valence-electron chi connectivity index (χ4n) is 1.90. The largest absolute Gasteiger partial charge is 0.381 e.